The number of carbonyl (C=O) groups is 1. The number of hydrogen-bond acceptors (Lipinski definition) is 5. The van der Waals surface area contributed by atoms with Crippen LogP contribution in [-0.2, 0) is 0 Å². The Labute approximate surface area is 143 Å². The largest absolute Gasteiger partial charge is 0.361 e. The lowest BCUT2D eigenvalue weighted by atomic mass is 10.0. The van der Waals surface area contributed by atoms with Gasteiger partial charge in [-0.15, -0.1) is 0 Å². The van der Waals surface area contributed by atoms with E-state index in [0.717, 1.165) is 12.8 Å². The molecule has 0 saturated carbocycles. The summed E-state index contributed by atoms with van der Waals surface area (Å²) in [5.74, 6) is 0.405. The Morgan fingerprint density at radius 2 is 2.16 bits per heavy atom. The summed E-state index contributed by atoms with van der Waals surface area (Å²) < 4.78 is 6.65. The Bertz CT molecular complexity index is 991. The van der Waals surface area contributed by atoms with Crippen LogP contribution in [0.4, 0.5) is 0 Å². The van der Waals surface area contributed by atoms with Crippen LogP contribution < -0.4 is 5.56 Å². The highest BCUT2D eigenvalue weighted by atomic mass is 16.5. The summed E-state index contributed by atoms with van der Waals surface area (Å²) in [6.07, 6.45) is 4.71. The third-order valence-electron chi connectivity index (χ3n) is 4.75. The second kappa shape index (κ2) is 6.16. The minimum Gasteiger partial charge on any atom is -0.361 e. The molecule has 4 rings (SSSR count). The van der Waals surface area contributed by atoms with Crippen molar-refractivity contribution >= 4 is 16.8 Å². The van der Waals surface area contributed by atoms with Crippen LogP contribution in [0.25, 0.3) is 10.9 Å². The van der Waals surface area contributed by atoms with E-state index in [1.165, 1.54) is 6.20 Å². The smallest absolute Gasteiger partial charge is 0.261 e. The lowest BCUT2D eigenvalue weighted by molar-refractivity contribution is 0.0675. The lowest BCUT2D eigenvalue weighted by Crippen LogP contribution is -2.43. The predicted octanol–water partition coefficient (Wildman–Crippen LogP) is 2.17. The average molecular weight is 338 g/mol. The molecule has 128 valence electrons. The number of benzene rings is 1. The minimum atomic E-state index is -0.106. The molecular formula is C18H18N4O3. The number of hydrogen-bond donors (Lipinski definition) is 0. The van der Waals surface area contributed by atoms with Crippen molar-refractivity contribution in [3.8, 4) is 0 Å². The van der Waals surface area contributed by atoms with Gasteiger partial charge in [-0.05, 0) is 31.9 Å². The topological polar surface area (TPSA) is 81.2 Å². The molecule has 2 aromatic heterocycles. The van der Waals surface area contributed by atoms with E-state index in [0.29, 0.717) is 35.3 Å². The minimum absolute atomic E-state index is 0.0638. The zero-order chi connectivity index (χ0) is 17.4. The fourth-order valence-corrected chi connectivity index (χ4v) is 3.38. The van der Waals surface area contributed by atoms with Crippen molar-refractivity contribution in [1.82, 2.24) is 19.6 Å². The maximum absolute atomic E-state index is 12.8. The molecule has 0 radical (unpaired) electrons. The molecule has 7 nitrogen and oxygen atoms in total. The van der Waals surface area contributed by atoms with Gasteiger partial charge in [0.2, 0.25) is 0 Å². The van der Waals surface area contributed by atoms with E-state index >= 15 is 0 Å². The summed E-state index contributed by atoms with van der Waals surface area (Å²) in [6.45, 7) is 2.86. The van der Waals surface area contributed by atoms with Crippen molar-refractivity contribution in [2.75, 3.05) is 13.1 Å². The van der Waals surface area contributed by atoms with E-state index < -0.39 is 0 Å². The Morgan fingerprint density at radius 1 is 1.32 bits per heavy atom. The van der Waals surface area contributed by atoms with Crippen LogP contribution >= 0.6 is 0 Å². The lowest BCUT2D eigenvalue weighted by Gasteiger charge is -2.33. The summed E-state index contributed by atoms with van der Waals surface area (Å²) in [5, 5.41) is 4.28. The highest BCUT2D eigenvalue weighted by Crippen LogP contribution is 2.23. The van der Waals surface area contributed by atoms with Gasteiger partial charge < -0.3 is 9.42 Å². The fraction of sp³-hybridized carbons (Fsp3) is 0.333. The summed E-state index contributed by atoms with van der Waals surface area (Å²) in [6, 6.07) is 7.23. The molecule has 1 fully saturated rings. The molecule has 0 spiro atoms. The van der Waals surface area contributed by atoms with Gasteiger partial charge in [-0.3, -0.25) is 14.2 Å². The van der Waals surface area contributed by atoms with Crippen LogP contribution in [-0.4, -0.2) is 38.6 Å². The van der Waals surface area contributed by atoms with Crippen molar-refractivity contribution in [3.63, 3.8) is 0 Å². The van der Waals surface area contributed by atoms with E-state index in [1.54, 1.807) is 28.8 Å². The van der Waals surface area contributed by atoms with Gasteiger partial charge in [-0.25, -0.2) is 4.98 Å². The molecule has 0 aliphatic carbocycles. The molecular weight excluding hydrogens is 320 g/mol. The van der Waals surface area contributed by atoms with Crippen LogP contribution in [0.15, 0.2) is 46.1 Å². The zero-order valence-corrected chi connectivity index (χ0v) is 13.9. The molecule has 25 heavy (non-hydrogen) atoms. The monoisotopic (exact) mass is 338 g/mol. The maximum atomic E-state index is 12.8. The number of piperidine rings is 1. The standard InChI is InChI=1S/C18H18N4O3/c1-12-15(9-20-25-12)17(23)21-8-4-5-13(10-21)22-11-19-16-7-3-2-6-14(16)18(22)24/h2-3,6-7,9,11,13H,4-5,8,10H2,1H3. The number of nitrogens with zero attached hydrogens (tertiary/aromatic N) is 4. The Morgan fingerprint density at radius 3 is 2.96 bits per heavy atom. The van der Waals surface area contributed by atoms with Gasteiger partial charge in [-0.2, -0.15) is 0 Å². The molecule has 1 atom stereocenters. The SMILES string of the molecule is Cc1oncc1C(=O)N1CCCC(n2cnc3ccccc3c2=O)C1. The zero-order valence-electron chi connectivity index (χ0n) is 13.9. The molecule has 7 heteroatoms. The first-order chi connectivity index (χ1) is 12.1. The van der Waals surface area contributed by atoms with Crippen LogP contribution in [0, 0.1) is 6.92 Å². The summed E-state index contributed by atoms with van der Waals surface area (Å²) in [5.41, 5.74) is 1.10. The molecule has 1 unspecified atom stereocenters. The summed E-state index contributed by atoms with van der Waals surface area (Å²) in [7, 11) is 0. The maximum Gasteiger partial charge on any atom is 0.261 e. The van der Waals surface area contributed by atoms with Crippen LogP contribution in [0.1, 0.15) is 35.0 Å². The molecule has 0 N–H and O–H groups in total. The highest BCUT2D eigenvalue weighted by Gasteiger charge is 2.28. The molecule has 0 bridgehead atoms. The van der Waals surface area contributed by atoms with Gasteiger partial charge >= 0.3 is 0 Å². The Hall–Kier alpha value is -2.96. The van der Waals surface area contributed by atoms with Gasteiger partial charge in [-0.1, -0.05) is 17.3 Å². The van der Waals surface area contributed by atoms with E-state index in [1.807, 2.05) is 18.2 Å². The van der Waals surface area contributed by atoms with Crippen LogP contribution in [0.5, 0.6) is 0 Å². The second-order valence-corrected chi connectivity index (χ2v) is 6.32. The summed E-state index contributed by atoms with van der Waals surface area (Å²) >= 11 is 0. The van der Waals surface area contributed by atoms with E-state index in [9.17, 15) is 9.59 Å². The molecule has 1 aliphatic rings. The van der Waals surface area contributed by atoms with Crippen LogP contribution in [0.3, 0.4) is 0 Å². The predicted molar refractivity (Wildman–Crippen MR) is 91.4 cm³/mol. The first-order valence-corrected chi connectivity index (χ1v) is 8.31. The second-order valence-electron chi connectivity index (χ2n) is 6.32. The number of para-hydroxylation sites is 1. The molecule has 1 aliphatic heterocycles. The van der Waals surface area contributed by atoms with Gasteiger partial charge in [0.1, 0.15) is 11.3 Å². The van der Waals surface area contributed by atoms with Gasteiger partial charge in [0.15, 0.2) is 0 Å². The average Bonchev–Trinajstić information content (AvgIpc) is 3.08. The molecule has 3 heterocycles. The number of aromatic nitrogens is 3. The molecule has 1 saturated heterocycles. The van der Waals surface area contributed by atoms with Crippen molar-refractivity contribution in [3.05, 3.63) is 58.5 Å². The summed E-state index contributed by atoms with van der Waals surface area (Å²) in [4.78, 5) is 31.6. The quantitative estimate of drug-likeness (QED) is 0.715. The highest BCUT2D eigenvalue weighted by molar-refractivity contribution is 5.94. The first-order valence-electron chi connectivity index (χ1n) is 8.31. The Balaban J connectivity index is 1.64. The van der Waals surface area contributed by atoms with Crippen molar-refractivity contribution in [2.24, 2.45) is 0 Å². The van der Waals surface area contributed by atoms with E-state index in [2.05, 4.69) is 10.1 Å². The van der Waals surface area contributed by atoms with Gasteiger partial charge in [0.25, 0.3) is 11.5 Å². The number of aryl methyl sites for hydroxylation is 1. The van der Waals surface area contributed by atoms with E-state index in [-0.39, 0.29) is 17.5 Å². The third kappa shape index (κ3) is 2.71. The van der Waals surface area contributed by atoms with Crippen molar-refractivity contribution in [1.29, 1.82) is 0 Å². The number of likely N-dealkylation sites (tertiary alicyclic amines) is 1. The third-order valence-corrected chi connectivity index (χ3v) is 4.75. The molecule has 3 aromatic rings. The Kier molecular flexibility index (Phi) is 3.83. The fourth-order valence-electron chi connectivity index (χ4n) is 3.38. The first kappa shape index (κ1) is 15.6. The normalized spacial score (nSPS) is 17.8. The number of amides is 1. The molecule has 1 aromatic carbocycles. The van der Waals surface area contributed by atoms with Gasteiger partial charge in [0.05, 0.1) is 29.5 Å². The van der Waals surface area contributed by atoms with Gasteiger partial charge in [0, 0.05) is 13.1 Å². The van der Waals surface area contributed by atoms with E-state index in [4.69, 9.17) is 4.52 Å². The molecule has 1 amide bonds. The van der Waals surface area contributed by atoms with Crippen molar-refractivity contribution < 1.29 is 9.32 Å². The van der Waals surface area contributed by atoms with Crippen LogP contribution in [0.2, 0.25) is 0 Å². The van der Waals surface area contributed by atoms with Crippen molar-refractivity contribution in [2.45, 2.75) is 25.8 Å². The number of rotatable bonds is 2. The number of carbonyl (C=O) groups excluding carboxylic acids is 1. The number of fused-ring (bicyclic) bond motifs is 1.